The Hall–Kier alpha value is -2.97. The first-order valence-corrected chi connectivity index (χ1v) is 9.96. The minimum absolute atomic E-state index is 0.188. The van der Waals surface area contributed by atoms with Gasteiger partial charge in [-0.1, -0.05) is 11.6 Å². The van der Waals surface area contributed by atoms with E-state index in [0.717, 1.165) is 4.90 Å². The van der Waals surface area contributed by atoms with E-state index in [1.165, 1.54) is 11.9 Å². The van der Waals surface area contributed by atoms with Gasteiger partial charge in [0.1, 0.15) is 17.9 Å². The number of carbonyl (C=O) groups excluding carboxylic acids is 1. The van der Waals surface area contributed by atoms with Gasteiger partial charge in [-0.15, -0.1) is 0 Å². The van der Waals surface area contributed by atoms with Gasteiger partial charge in [0, 0.05) is 11.2 Å². The first kappa shape index (κ1) is 19.4. The Morgan fingerprint density at radius 1 is 1.28 bits per heavy atom. The summed E-state index contributed by atoms with van der Waals surface area (Å²) in [5, 5.41) is 0.603. The van der Waals surface area contributed by atoms with Crippen molar-refractivity contribution in [1.29, 1.82) is 0 Å². The highest BCUT2D eigenvalue weighted by Gasteiger charge is 2.26. The third kappa shape index (κ3) is 4.23. The van der Waals surface area contributed by atoms with E-state index < -0.39 is 0 Å². The molecule has 0 spiro atoms. The van der Waals surface area contributed by atoms with Crippen LogP contribution in [0.2, 0.25) is 5.02 Å². The number of halogens is 1. The fraction of sp³-hybridized carbons (Fsp3) is 0.150. The van der Waals surface area contributed by atoms with Crippen LogP contribution in [0.15, 0.2) is 59.9 Å². The van der Waals surface area contributed by atoms with E-state index in [-0.39, 0.29) is 5.91 Å². The Morgan fingerprint density at radius 3 is 2.97 bits per heavy atom. The molecule has 2 aromatic heterocycles. The predicted octanol–water partition coefficient (Wildman–Crippen LogP) is 4.30. The maximum absolute atomic E-state index is 13.1. The summed E-state index contributed by atoms with van der Waals surface area (Å²) in [4.78, 5) is 24.0. The normalized spacial score (nSPS) is 13.3. The van der Waals surface area contributed by atoms with Crippen LogP contribution in [0.3, 0.4) is 0 Å². The molecule has 1 amide bonds. The molecule has 29 heavy (non-hydrogen) atoms. The predicted molar refractivity (Wildman–Crippen MR) is 113 cm³/mol. The van der Waals surface area contributed by atoms with Crippen molar-refractivity contribution in [1.82, 2.24) is 9.97 Å². The highest BCUT2D eigenvalue weighted by molar-refractivity contribution is 8.00. The molecule has 0 saturated carbocycles. The molecule has 0 atom stereocenters. The molecule has 148 valence electrons. The van der Waals surface area contributed by atoms with Crippen LogP contribution in [0.25, 0.3) is 0 Å². The molecular formula is C20H17ClN4O3S. The average Bonchev–Trinajstić information content (AvgIpc) is 2.92. The van der Waals surface area contributed by atoms with Crippen LogP contribution in [0, 0.1) is 0 Å². The quantitative estimate of drug-likeness (QED) is 0.607. The van der Waals surface area contributed by atoms with Crippen LogP contribution in [0.1, 0.15) is 10.4 Å². The first-order chi connectivity index (χ1) is 14.2. The zero-order valence-electron chi connectivity index (χ0n) is 15.5. The van der Waals surface area contributed by atoms with Crippen molar-refractivity contribution in [2.75, 3.05) is 29.9 Å². The number of rotatable bonds is 5. The van der Waals surface area contributed by atoms with Crippen molar-refractivity contribution < 1.29 is 14.3 Å². The summed E-state index contributed by atoms with van der Waals surface area (Å²) >= 11 is 7.40. The number of hydrogen-bond acceptors (Lipinski definition) is 7. The Labute approximate surface area is 177 Å². The zero-order valence-corrected chi connectivity index (χ0v) is 17.0. The molecule has 1 aromatic carbocycles. The maximum atomic E-state index is 13.1. The lowest BCUT2D eigenvalue weighted by molar-refractivity contribution is 0.0989. The van der Waals surface area contributed by atoms with Crippen LogP contribution >= 0.6 is 23.5 Å². The lowest BCUT2D eigenvalue weighted by atomic mass is 10.2. The van der Waals surface area contributed by atoms with E-state index in [1.54, 1.807) is 60.9 Å². The molecule has 3 heterocycles. The Balaban J connectivity index is 1.58. The second-order valence-corrected chi connectivity index (χ2v) is 7.38. The number of amides is 1. The number of anilines is 2. The number of ether oxygens (including phenoxy) is 2. The number of benzene rings is 1. The van der Waals surface area contributed by atoms with Gasteiger partial charge in [0.15, 0.2) is 0 Å². The van der Waals surface area contributed by atoms with E-state index in [0.29, 0.717) is 46.7 Å². The summed E-state index contributed by atoms with van der Waals surface area (Å²) in [7, 11) is 1.60. The summed E-state index contributed by atoms with van der Waals surface area (Å²) < 4.78 is 14.2. The van der Waals surface area contributed by atoms with Gasteiger partial charge in [0.05, 0.1) is 42.3 Å². The molecule has 4 rings (SSSR count). The number of carbonyl (C=O) groups is 1. The van der Waals surface area contributed by atoms with Gasteiger partial charge in [0.2, 0.25) is 5.88 Å². The summed E-state index contributed by atoms with van der Waals surface area (Å²) in [6.07, 6.45) is 4.94. The summed E-state index contributed by atoms with van der Waals surface area (Å²) in [5.41, 5.74) is 1.75. The second kappa shape index (κ2) is 8.59. The lowest BCUT2D eigenvalue weighted by Crippen LogP contribution is -2.32. The van der Waals surface area contributed by atoms with Gasteiger partial charge in [-0.2, -0.15) is 0 Å². The number of nitrogens with one attached hydrogen (secondary N) is 1. The molecule has 0 aliphatic carbocycles. The number of methoxy groups -OCH3 is 1. The lowest BCUT2D eigenvalue weighted by Gasteiger charge is -2.19. The van der Waals surface area contributed by atoms with E-state index in [2.05, 4.69) is 14.7 Å². The number of pyridine rings is 2. The number of nitrogens with zero attached hydrogens (tertiary/aromatic N) is 3. The molecule has 0 fully saturated rings. The number of fused-ring (bicyclic) bond motifs is 1. The largest absolute Gasteiger partial charge is 0.496 e. The van der Waals surface area contributed by atoms with Crippen LogP contribution in [0.5, 0.6) is 11.6 Å². The molecule has 0 unspecified atom stereocenters. The van der Waals surface area contributed by atoms with Crippen molar-refractivity contribution >= 4 is 40.8 Å². The Bertz CT molecular complexity index is 1040. The number of aromatic nitrogens is 2. The van der Waals surface area contributed by atoms with Crippen LogP contribution in [-0.2, 0) is 0 Å². The monoisotopic (exact) mass is 428 g/mol. The van der Waals surface area contributed by atoms with E-state index in [4.69, 9.17) is 21.1 Å². The topological polar surface area (TPSA) is 76.6 Å². The van der Waals surface area contributed by atoms with Gasteiger partial charge < -0.3 is 19.1 Å². The molecule has 1 N–H and O–H groups in total. The van der Waals surface area contributed by atoms with Crippen LogP contribution in [0.4, 0.5) is 11.4 Å². The number of hydrogen-bond donors (Lipinski definition) is 1. The van der Waals surface area contributed by atoms with Crippen molar-refractivity contribution in [3.8, 4) is 11.6 Å². The SMILES string of the molecule is COc1ccc(Cl)cc1SNc1cnc2c(c1)C(=O)N(c1cccnc1)CCO2. The minimum Gasteiger partial charge on any atom is -0.496 e. The third-order valence-electron chi connectivity index (χ3n) is 4.24. The van der Waals surface area contributed by atoms with E-state index >= 15 is 0 Å². The fourth-order valence-corrected chi connectivity index (χ4v) is 3.87. The van der Waals surface area contributed by atoms with Gasteiger partial charge >= 0.3 is 0 Å². The highest BCUT2D eigenvalue weighted by atomic mass is 35.5. The average molecular weight is 429 g/mol. The molecule has 3 aromatic rings. The van der Waals surface area contributed by atoms with Crippen molar-refractivity contribution in [3.63, 3.8) is 0 Å². The third-order valence-corrected chi connectivity index (χ3v) is 5.35. The molecule has 1 aliphatic rings. The van der Waals surface area contributed by atoms with Gasteiger partial charge in [-0.05, 0) is 48.3 Å². The molecule has 0 bridgehead atoms. The van der Waals surface area contributed by atoms with Crippen LogP contribution < -0.4 is 19.1 Å². The smallest absolute Gasteiger partial charge is 0.264 e. The van der Waals surface area contributed by atoms with E-state index in [9.17, 15) is 4.79 Å². The first-order valence-electron chi connectivity index (χ1n) is 8.77. The molecule has 0 radical (unpaired) electrons. The highest BCUT2D eigenvalue weighted by Crippen LogP contribution is 2.33. The van der Waals surface area contributed by atoms with Gasteiger partial charge in [-0.3, -0.25) is 9.78 Å². The standard InChI is InChI=1S/C20H17ClN4O3S/c1-27-17-5-4-13(21)9-18(17)29-24-14-10-16-19(23-11-14)28-8-7-25(20(16)26)15-3-2-6-22-12-15/h2-6,9-12,24H,7-8H2,1H3. The summed E-state index contributed by atoms with van der Waals surface area (Å²) in [6, 6.07) is 10.7. The second-order valence-electron chi connectivity index (χ2n) is 6.09. The van der Waals surface area contributed by atoms with E-state index in [1.807, 2.05) is 6.07 Å². The van der Waals surface area contributed by atoms with Crippen molar-refractivity contribution in [3.05, 3.63) is 65.6 Å². The van der Waals surface area contributed by atoms with Gasteiger partial charge in [-0.25, -0.2) is 4.98 Å². The molecule has 1 aliphatic heterocycles. The van der Waals surface area contributed by atoms with Crippen molar-refractivity contribution in [2.24, 2.45) is 0 Å². The molecule has 9 heteroatoms. The van der Waals surface area contributed by atoms with Crippen LogP contribution in [-0.4, -0.2) is 36.1 Å². The molecular weight excluding hydrogens is 412 g/mol. The molecule has 0 saturated heterocycles. The van der Waals surface area contributed by atoms with Crippen molar-refractivity contribution in [2.45, 2.75) is 4.90 Å². The van der Waals surface area contributed by atoms with Gasteiger partial charge in [0.25, 0.3) is 5.91 Å². The maximum Gasteiger partial charge on any atom is 0.264 e. The Morgan fingerprint density at radius 2 is 2.17 bits per heavy atom. The summed E-state index contributed by atoms with van der Waals surface area (Å²) in [5.74, 6) is 0.820. The minimum atomic E-state index is -0.188. The summed E-state index contributed by atoms with van der Waals surface area (Å²) in [6.45, 7) is 0.764. The fourth-order valence-electron chi connectivity index (χ4n) is 2.86. The zero-order chi connectivity index (χ0) is 20.2. The Kier molecular flexibility index (Phi) is 5.73. The molecule has 7 nitrogen and oxygen atoms in total.